The summed E-state index contributed by atoms with van der Waals surface area (Å²) in [5, 5.41) is 0. The summed E-state index contributed by atoms with van der Waals surface area (Å²) in [7, 11) is 0. The normalized spacial score (nSPS) is 10.3. The van der Waals surface area contributed by atoms with Crippen LogP contribution in [-0.2, 0) is 6.42 Å². The van der Waals surface area contributed by atoms with Gasteiger partial charge in [-0.3, -0.25) is 0 Å². The molecule has 0 unspecified atom stereocenters. The highest BCUT2D eigenvalue weighted by Gasteiger charge is 1.99. The summed E-state index contributed by atoms with van der Waals surface area (Å²) in [6, 6.07) is 6.39. The Hall–Kier alpha value is -1.04. The molecule has 0 atom stereocenters. The third kappa shape index (κ3) is 2.95. The molecule has 2 aromatic rings. The maximum Gasteiger partial charge on any atom is 0.132 e. The van der Waals surface area contributed by atoms with Crippen molar-refractivity contribution >= 4 is 22.6 Å². The predicted octanol–water partition coefficient (Wildman–Crippen LogP) is 2.81. The van der Waals surface area contributed by atoms with Crippen molar-refractivity contribution in [3.63, 3.8) is 0 Å². The zero-order chi connectivity index (χ0) is 10.7. The van der Waals surface area contributed by atoms with Crippen molar-refractivity contribution in [3.8, 4) is 0 Å². The quantitative estimate of drug-likeness (QED) is 0.797. The van der Waals surface area contributed by atoms with Crippen molar-refractivity contribution in [3.05, 3.63) is 57.4 Å². The number of benzene rings is 1. The van der Waals surface area contributed by atoms with Crippen molar-refractivity contribution in [2.45, 2.75) is 6.42 Å². The summed E-state index contributed by atoms with van der Waals surface area (Å²) in [4.78, 5) is 8.37. The van der Waals surface area contributed by atoms with E-state index in [0.717, 1.165) is 15.0 Å². The number of nitrogens with zero attached hydrogens (tertiary/aromatic N) is 2. The third-order valence-corrected chi connectivity index (χ3v) is 2.51. The van der Waals surface area contributed by atoms with Gasteiger partial charge in [-0.05, 0) is 40.3 Å². The Morgan fingerprint density at radius 1 is 1.07 bits per heavy atom. The average Bonchev–Trinajstić information content (AvgIpc) is 2.25. The predicted molar refractivity (Wildman–Crippen MR) is 64.0 cm³/mol. The molecule has 1 aromatic carbocycles. The summed E-state index contributed by atoms with van der Waals surface area (Å²) in [5.41, 5.74) is 1.01. The lowest BCUT2D eigenvalue weighted by Crippen LogP contribution is -1.96. The molecule has 0 fully saturated rings. The lowest BCUT2D eigenvalue weighted by atomic mass is 10.1. The van der Waals surface area contributed by atoms with Gasteiger partial charge < -0.3 is 0 Å². The van der Waals surface area contributed by atoms with E-state index in [4.69, 9.17) is 0 Å². The highest BCUT2D eigenvalue weighted by atomic mass is 127. The lowest BCUT2D eigenvalue weighted by molar-refractivity contribution is 0.627. The van der Waals surface area contributed by atoms with Crippen LogP contribution in [-0.4, -0.2) is 9.97 Å². The summed E-state index contributed by atoms with van der Waals surface area (Å²) >= 11 is 2.16. The van der Waals surface area contributed by atoms with Crippen LogP contribution in [0.1, 0.15) is 11.4 Å². The Labute approximate surface area is 101 Å². The van der Waals surface area contributed by atoms with Crippen LogP contribution in [0.2, 0.25) is 0 Å². The highest BCUT2D eigenvalue weighted by Crippen LogP contribution is 2.07. The Morgan fingerprint density at radius 2 is 1.67 bits per heavy atom. The van der Waals surface area contributed by atoms with Gasteiger partial charge in [-0.15, -0.1) is 0 Å². The van der Waals surface area contributed by atoms with Crippen molar-refractivity contribution < 1.29 is 4.39 Å². The van der Waals surface area contributed by atoms with E-state index in [1.807, 2.05) is 0 Å². The average molecular weight is 314 g/mol. The first-order chi connectivity index (χ1) is 7.24. The zero-order valence-electron chi connectivity index (χ0n) is 7.82. The van der Waals surface area contributed by atoms with E-state index >= 15 is 0 Å². The monoisotopic (exact) mass is 314 g/mol. The van der Waals surface area contributed by atoms with Gasteiger partial charge >= 0.3 is 0 Å². The van der Waals surface area contributed by atoms with Gasteiger partial charge in [-0.25, -0.2) is 14.4 Å². The molecule has 1 heterocycles. The van der Waals surface area contributed by atoms with Crippen LogP contribution in [0, 0.1) is 9.39 Å². The van der Waals surface area contributed by atoms with Crippen LogP contribution >= 0.6 is 22.6 Å². The largest absolute Gasteiger partial charge is 0.240 e. The number of aromatic nitrogens is 2. The fourth-order valence-corrected chi connectivity index (χ4v) is 1.49. The minimum Gasteiger partial charge on any atom is -0.240 e. The Bertz CT molecular complexity index is 396. The summed E-state index contributed by atoms with van der Waals surface area (Å²) in [6.07, 6.45) is 4.18. The fraction of sp³-hybridized carbons (Fsp3) is 0.0909. The van der Waals surface area contributed by atoms with Crippen molar-refractivity contribution in [2.75, 3.05) is 0 Å². The molecular formula is C11H8FIN2. The molecule has 0 saturated heterocycles. The van der Waals surface area contributed by atoms with Gasteiger partial charge in [0.05, 0.1) is 0 Å². The standard InChI is InChI=1S/C11H8FIN2/c12-9-3-1-8(2-4-9)5-11-14-6-10(13)7-15-11/h1-4,6-7H,5H2. The molecule has 4 heteroatoms. The van der Waals surface area contributed by atoms with Crippen molar-refractivity contribution in [2.24, 2.45) is 0 Å². The maximum absolute atomic E-state index is 12.6. The Kier molecular flexibility index (Phi) is 3.25. The Balaban J connectivity index is 2.15. The SMILES string of the molecule is Fc1ccc(Cc2ncc(I)cn2)cc1. The minimum absolute atomic E-state index is 0.220. The van der Waals surface area contributed by atoms with Gasteiger partial charge in [0, 0.05) is 22.4 Å². The third-order valence-electron chi connectivity index (χ3n) is 1.95. The van der Waals surface area contributed by atoms with Gasteiger partial charge in [0.15, 0.2) is 0 Å². The highest BCUT2D eigenvalue weighted by molar-refractivity contribution is 14.1. The second-order valence-corrected chi connectivity index (χ2v) is 4.37. The van der Waals surface area contributed by atoms with Crippen LogP contribution < -0.4 is 0 Å². The van der Waals surface area contributed by atoms with E-state index in [2.05, 4.69) is 32.6 Å². The van der Waals surface area contributed by atoms with Gasteiger partial charge in [-0.2, -0.15) is 0 Å². The van der Waals surface area contributed by atoms with E-state index < -0.39 is 0 Å². The number of hydrogen-bond acceptors (Lipinski definition) is 2. The van der Waals surface area contributed by atoms with Crippen LogP contribution in [0.25, 0.3) is 0 Å². The van der Waals surface area contributed by atoms with Gasteiger partial charge in [0.1, 0.15) is 11.6 Å². The maximum atomic E-state index is 12.6. The molecule has 0 aliphatic heterocycles. The number of rotatable bonds is 2. The Morgan fingerprint density at radius 3 is 2.27 bits per heavy atom. The molecule has 0 amide bonds. The minimum atomic E-state index is -0.220. The molecule has 0 radical (unpaired) electrons. The van der Waals surface area contributed by atoms with E-state index in [1.165, 1.54) is 12.1 Å². The molecule has 0 aliphatic carbocycles. The summed E-state index contributed by atoms with van der Waals surface area (Å²) < 4.78 is 13.7. The molecule has 2 rings (SSSR count). The number of hydrogen-bond donors (Lipinski definition) is 0. The molecular weight excluding hydrogens is 306 g/mol. The topological polar surface area (TPSA) is 25.8 Å². The molecule has 1 aromatic heterocycles. The molecule has 0 saturated carbocycles. The van der Waals surface area contributed by atoms with E-state index in [-0.39, 0.29) is 5.82 Å². The molecule has 15 heavy (non-hydrogen) atoms. The number of halogens is 2. The van der Waals surface area contributed by atoms with Crippen molar-refractivity contribution in [1.82, 2.24) is 9.97 Å². The fourth-order valence-electron chi connectivity index (χ4n) is 1.22. The smallest absolute Gasteiger partial charge is 0.132 e. The molecule has 76 valence electrons. The molecule has 0 N–H and O–H groups in total. The van der Waals surface area contributed by atoms with Crippen molar-refractivity contribution in [1.29, 1.82) is 0 Å². The second-order valence-electron chi connectivity index (χ2n) is 3.12. The first kappa shape index (κ1) is 10.5. The van der Waals surface area contributed by atoms with Crippen LogP contribution in [0.15, 0.2) is 36.7 Å². The van der Waals surface area contributed by atoms with Crippen LogP contribution in [0.4, 0.5) is 4.39 Å². The van der Waals surface area contributed by atoms with Crippen LogP contribution in [0.5, 0.6) is 0 Å². The molecule has 2 nitrogen and oxygen atoms in total. The van der Waals surface area contributed by atoms with Gasteiger partial charge in [0.25, 0.3) is 0 Å². The lowest BCUT2D eigenvalue weighted by Gasteiger charge is -2.00. The van der Waals surface area contributed by atoms with Gasteiger partial charge in [0.2, 0.25) is 0 Å². The summed E-state index contributed by atoms with van der Waals surface area (Å²) in [5.74, 6) is 0.532. The van der Waals surface area contributed by atoms with Gasteiger partial charge in [-0.1, -0.05) is 12.1 Å². The van der Waals surface area contributed by atoms with E-state index in [9.17, 15) is 4.39 Å². The first-order valence-electron chi connectivity index (χ1n) is 4.45. The second kappa shape index (κ2) is 4.65. The van der Waals surface area contributed by atoms with E-state index in [0.29, 0.717) is 6.42 Å². The summed E-state index contributed by atoms with van der Waals surface area (Å²) in [6.45, 7) is 0. The first-order valence-corrected chi connectivity index (χ1v) is 5.53. The molecule has 0 spiro atoms. The molecule has 0 aliphatic rings. The molecule has 0 bridgehead atoms. The zero-order valence-corrected chi connectivity index (χ0v) is 9.98. The van der Waals surface area contributed by atoms with Crippen LogP contribution in [0.3, 0.4) is 0 Å². The van der Waals surface area contributed by atoms with E-state index in [1.54, 1.807) is 24.5 Å².